The Bertz CT molecular complexity index is 640. The highest BCUT2D eigenvalue weighted by Gasteiger charge is 2.39. The van der Waals surface area contributed by atoms with Crippen LogP contribution in [0.4, 0.5) is 0 Å². The highest BCUT2D eigenvalue weighted by molar-refractivity contribution is 5.94. The number of aromatic nitrogens is 1. The van der Waals surface area contributed by atoms with Crippen LogP contribution in [0, 0.1) is 5.92 Å². The quantitative estimate of drug-likeness (QED) is 0.918. The number of carboxylic acid groups (broad SMARTS) is 1. The van der Waals surface area contributed by atoms with E-state index in [0.29, 0.717) is 0 Å². The molecule has 0 saturated heterocycles. The van der Waals surface area contributed by atoms with Crippen LogP contribution >= 0.6 is 0 Å². The third-order valence-corrected chi connectivity index (χ3v) is 3.92. The van der Waals surface area contributed by atoms with Gasteiger partial charge in [0.15, 0.2) is 0 Å². The lowest BCUT2D eigenvalue weighted by atomic mass is 9.93. The highest BCUT2D eigenvalue weighted by atomic mass is 16.5. The van der Waals surface area contributed by atoms with Crippen molar-refractivity contribution >= 4 is 16.9 Å². The zero-order valence-electron chi connectivity index (χ0n) is 11.1. The van der Waals surface area contributed by atoms with Crippen molar-refractivity contribution in [2.24, 2.45) is 13.0 Å². The molecule has 1 saturated carbocycles. The summed E-state index contributed by atoms with van der Waals surface area (Å²) < 4.78 is 7.38. The lowest BCUT2D eigenvalue weighted by Crippen LogP contribution is -2.13. The molecule has 100 valence electrons. The van der Waals surface area contributed by atoms with Gasteiger partial charge in [0, 0.05) is 18.6 Å². The molecule has 2 aromatic rings. The number of methoxy groups -OCH3 is 1. The summed E-state index contributed by atoms with van der Waals surface area (Å²) in [6.07, 6.45) is 3.94. The first-order chi connectivity index (χ1) is 9.13. The van der Waals surface area contributed by atoms with Gasteiger partial charge >= 0.3 is 5.97 Å². The third kappa shape index (κ3) is 1.87. The van der Waals surface area contributed by atoms with Crippen LogP contribution < -0.4 is 4.74 Å². The molecule has 3 rings (SSSR count). The predicted octanol–water partition coefficient (Wildman–Crippen LogP) is 2.77. The number of fused-ring (bicyclic) bond motifs is 1. The van der Waals surface area contributed by atoms with E-state index in [1.807, 2.05) is 36.0 Å². The molecule has 0 spiro atoms. The van der Waals surface area contributed by atoms with E-state index in [1.54, 1.807) is 7.11 Å². The molecule has 1 fully saturated rings. The second kappa shape index (κ2) is 4.30. The zero-order chi connectivity index (χ0) is 13.6. The van der Waals surface area contributed by atoms with Gasteiger partial charge in [-0.05, 0) is 36.5 Å². The summed E-state index contributed by atoms with van der Waals surface area (Å²) in [7, 11) is 3.57. The summed E-state index contributed by atoms with van der Waals surface area (Å²) in [6, 6.07) is 5.81. The van der Waals surface area contributed by atoms with Crippen LogP contribution in [0.15, 0.2) is 24.4 Å². The first kappa shape index (κ1) is 12.1. The molecule has 1 aromatic heterocycles. The van der Waals surface area contributed by atoms with E-state index in [-0.39, 0.29) is 5.92 Å². The highest BCUT2D eigenvalue weighted by Crippen LogP contribution is 2.46. The summed E-state index contributed by atoms with van der Waals surface area (Å²) in [5.74, 6) is -0.131. The van der Waals surface area contributed by atoms with Gasteiger partial charge in [0.25, 0.3) is 0 Å². The third-order valence-electron chi connectivity index (χ3n) is 3.92. The minimum Gasteiger partial charge on any atom is -0.496 e. The van der Waals surface area contributed by atoms with Crippen molar-refractivity contribution < 1.29 is 14.6 Å². The Morgan fingerprint density at radius 3 is 2.79 bits per heavy atom. The molecular formula is C15H17NO3. The summed E-state index contributed by atoms with van der Waals surface area (Å²) in [6.45, 7) is 0. The monoisotopic (exact) mass is 259 g/mol. The maximum absolute atomic E-state index is 11.6. The zero-order valence-corrected chi connectivity index (χ0v) is 11.1. The number of aryl methyl sites for hydroxylation is 1. The number of carbonyl (C=O) groups is 1. The average Bonchev–Trinajstić information content (AvgIpc) is 3.15. The van der Waals surface area contributed by atoms with Gasteiger partial charge in [-0.2, -0.15) is 0 Å². The lowest BCUT2D eigenvalue weighted by Gasteiger charge is -2.11. The molecule has 1 aliphatic rings. The van der Waals surface area contributed by atoms with E-state index in [2.05, 4.69) is 0 Å². The van der Waals surface area contributed by atoms with Crippen LogP contribution in [0.25, 0.3) is 10.9 Å². The second-order valence-corrected chi connectivity index (χ2v) is 5.20. The number of aliphatic carboxylic acids is 1. The Kier molecular flexibility index (Phi) is 2.73. The first-order valence-corrected chi connectivity index (χ1v) is 6.48. The average molecular weight is 259 g/mol. The maximum Gasteiger partial charge on any atom is 0.311 e. The molecule has 4 heteroatoms. The van der Waals surface area contributed by atoms with Gasteiger partial charge in [-0.25, -0.2) is 0 Å². The Hall–Kier alpha value is -1.97. The number of benzene rings is 1. The maximum atomic E-state index is 11.6. The first-order valence-electron chi connectivity index (χ1n) is 6.48. The molecule has 19 heavy (non-hydrogen) atoms. The van der Waals surface area contributed by atoms with E-state index in [0.717, 1.165) is 35.1 Å². The molecule has 0 amide bonds. The molecule has 4 nitrogen and oxygen atoms in total. The van der Waals surface area contributed by atoms with E-state index < -0.39 is 11.9 Å². The van der Waals surface area contributed by atoms with Gasteiger partial charge in [0.2, 0.25) is 0 Å². The van der Waals surface area contributed by atoms with Gasteiger partial charge < -0.3 is 14.4 Å². The minimum atomic E-state index is -0.735. The summed E-state index contributed by atoms with van der Waals surface area (Å²) in [5.41, 5.74) is 1.89. The Morgan fingerprint density at radius 1 is 1.47 bits per heavy atom. The largest absolute Gasteiger partial charge is 0.496 e. The number of ether oxygens (including phenoxy) is 1. The summed E-state index contributed by atoms with van der Waals surface area (Å²) in [5, 5.41) is 10.5. The van der Waals surface area contributed by atoms with Gasteiger partial charge in [-0.3, -0.25) is 4.79 Å². The fraction of sp³-hybridized carbons (Fsp3) is 0.400. The van der Waals surface area contributed by atoms with Crippen molar-refractivity contribution in [1.82, 2.24) is 4.57 Å². The van der Waals surface area contributed by atoms with Crippen molar-refractivity contribution in [3.8, 4) is 5.75 Å². The number of hydrogen-bond acceptors (Lipinski definition) is 2. The van der Waals surface area contributed by atoms with Gasteiger partial charge in [0.05, 0.1) is 18.5 Å². The van der Waals surface area contributed by atoms with Crippen LogP contribution in [-0.4, -0.2) is 22.8 Å². The van der Waals surface area contributed by atoms with Crippen LogP contribution in [0.2, 0.25) is 0 Å². The Labute approximate surface area is 111 Å². The predicted molar refractivity (Wildman–Crippen MR) is 72.6 cm³/mol. The van der Waals surface area contributed by atoms with Gasteiger partial charge in [-0.15, -0.1) is 0 Å². The summed E-state index contributed by atoms with van der Waals surface area (Å²) in [4.78, 5) is 11.6. The smallest absolute Gasteiger partial charge is 0.311 e. The topological polar surface area (TPSA) is 51.5 Å². The number of nitrogens with zero attached hydrogens (tertiary/aromatic N) is 1. The van der Waals surface area contributed by atoms with Crippen LogP contribution in [0.1, 0.15) is 24.3 Å². The Morgan fingerprint density at radius 2 is 2.21 bits per heavy atom. The van der Waals surface area contributed by atoms with E-state index in [9.17, 15) is 9.90 Å². The number of hydrogen-bond donors (Lipinski definition) is 1. The second-order valence-electron chi connectivity index (χ2n) is 5.20. The standard InChI is InChI=1S/C15H17NO3/c1-16-8-10(13(15(17)18)9-6-7-9)14-11(16)4-3-5-12(14)19-2/h3-5,8-9,13H,6-7H2,1-2H3,(H,17,18). The lowest BCUT2D eigenvalue weighted by molar-refractivity contribution is -0.139. The van der Waals surface area contributed by atoms with Crippen LogP contribution in [-0.2, 0) is 11.8 Å². The molecule has 1 atom stereocenters. The molecule has 0 radical (unpaired) electrons. The normalized spacial score (nSPS) is 16.5. The minimum absolute atomic E-state index is 0.271. The van der Waals surface area contributed by atoms with E-state index in [1.165, 1.54) is 0 Å². The molecule has 1 N–H and O–H groups in total. The molecule has 1 unspecified atom stereocenters. The van der Waals surface area contributed by atoms with Gasteiger partial charge in [0.1, 0.15) is 5.75 Å². The van der Waals surface area contributed by atoms with Crippen molar-refractivity contribution in [2.45, 2.75) is 18.8 Å². The molecule has 0 bridgehead atoms. The molecule has 1 heterocycles. The van der Waals surface area contributed by atoms with Gasteiger partial charge in [-0.1, -0.05) is 6.07 Å². The fourth-order valence-electron chi connectivity index (χ4n) is 2.87. The van der Waals surface area contributed by atoms with E-state index >= 15 is 0 Å². The Balaban J connectivity index is 2.25. The SMILES string of the molecule is COc1cccc2c1c(C(C(=O)O)C1CC1)cn2C. The van der Waals surface area contributed by atoms with Crippen LogP contribution in [0.3, 0.4) is 0 Å². The van der Waals surface area contributed by atoms with Crippen molar-refractivity contribution in [3.63, 3.8) is 0 Å². The molecule has 1 aromatic carbocycles. The van der Waals surface area contributed by atoms with Crippen LogP contribution in [0.5, 0.6) is 5.75 Å². The fourth-order valence-corrected chi connectivity index (χ4v) is 2.87. The summed E-state index contributed by atoms with van der Waals surface area (Å²) >= 11 is 0. The molecule has 0 aliphatic heterocycles. The number of rotatable bonds is 4. The molecule has 1 aliphatic carbocycles. The number of carboxylic acids is 1. The molecular weight excluding hydrogens is 242 g/mol. The van der Waals surface area contributed by atoms with Crippen molar-refractivity contribution in [2.75, 3.05) is 7.11 Å². The van der Waals surface area contributed by atoms with Crippen molar-refractivity contribution in [1.29, 1.82) is 0 Å². The van der Waals surface area contributed by atoms with E-state index in [4.69, 9.17) is 4.74 Å². The van der Waals surface area contributed by atoms with Crippen molar-refractivity contribution in [3.05, 3.63) is 30.0 Å².